The number of fused-ring (bicyclic) bond motifs is 1. The van der Waals surface area contributed by atoms with Crippen LogP contribution in [0.2, 0.25) is 0 Å². The van der Waals surface area contributed by atoms with Crippen LogP contribution in [0.5, 0.6) is 0 Å². The van der Waals surface area contributed by atoms with Gasteiger partial charge in [0.25, 0.3) is 0 Å². The molecule has 0 spiro atoms. The van der Waals surface area contributed by atoms with Crippen molar-refractivity contribution in [3.63, 3.8) is 0 Å². The molecule has 4 heteroatoms. The number of nitrogens with one attached hydrogen (secondary N) is 2. The monoisotopic (exact) mass is 273 g/mol. The fraction of sp³-hybridized carbons (Fsp3) is 0.562. The van der Waals surface area contributed by atoms with E-state index in [2.05, 4.69) is 22.8 Å². The molecule has 0 bridgehead atoms. The average Bonchev–Trinajstić information content (AvgIpc) is 2.49. The number of hydrogen-bond donors (Lipinski definition) is 3. The van der Waals surface area contributed by atoms with Gasteiger partial charge in [-0.1, -0.05) is 18.2 Å². The van der Waals surface area contributed by atoms with Gasteiger partial charge in [0.15, 0.2) is 0 Å². The van der Waals surface area contributed by atoms with Gasteiger partial charge in [-0.15, -0.1) is 0 Å². The number of hydrogen-bond acceptors (Lipinski definition) is 3. The van der Waals surface area contributed by atoms with Gasteiger partial charge in [0.05, 0.1) is 5.92 Å². The van der Waals surface area contributed by atoms with Crippen molar-refractivity contribution in [3.8, 4) is 0 Å². The summed E-state index contributed by atoms with van der Waals surface area (Å²) in [7, 11) is 0. The van der Waals surface area contributed by atoms with E-state index >= 15 is 0 Å². The number of benzene rings is 1. The van der Waals surface area contributed by atoms with Crippen molar-refractivity contribution in [3.05, 3.63) is 29.8 Å². The number of para-hydroxylation sites is 1. The third-order valence-electron chi connectivity index (χ3n) is 4.51. The lowest BCUT2D eigenvalue weighted by Gasteiger charge is -2.30. The third kappa shape index (κ3) is 2.96. The first-order valence-corrected chi connectivity index (χ1v) is 7.60. The van der Waals surface area contributed by atoms with Gasteiger partial charge in [-0.3, -0.25) is 4.79 Å². The summed E-state index contributed by atoms with van der Waals surface area (Å²) in [5, 5.41) is 6.56. The molecule has 1 atom stereocenters. The van der Waals surface area contributed by atoms with Crippen LogP contribution in [0, 0.1) is 5.92 Å². The maximum absolute atomic E-state index is 12.4. The molecule has 2 aliphatic rings. The molecule has 1 aliphatic carbocycles. The third-order valence-corrected chi connectivity index (χ3v) is 4.51. The minimum absolute atomic E-state index is 0.0421. The topological polar surface area (TPSA) is 67.1 Å². The van der Waals surface area contributed by atoms with E-state index in [4.69, 9.17) is 5.73 Å². The molecule has 3 rings (SSSR count). The van der Waals surface area contributed by atoms with Crippen LogP contribution in [0.15, 0.2) is 24.3 Å². The molecule has 20 heavy (non-hydrogen) atoms. The number of anilines is 1. The van der Waals surface area contributed by atoms with Crippen LogP contribution < -0.4 is 16.4 Å². The van der Waals surface area contributed by atoms with E-state index in [1.807, 2.05) is 12.1 Å². The number of nitrogens with two attached hydrogens (primary N) is 1. The molecule has 1 aromatic rings. The van der Waals surface area contributed by atoms with Crippen molar-refractivity contribution in [1.82, 2.24) is 5.32 Å². The lowest BCUT2D eigenvalue weighted by molar-refractivity contribution is -0.125. The van der Waals surface area contributed by atoms with E-state index in [0.717, 1.165) is 38.6 Å². The first kappa shape index (κ1) is 13.4. The second-order valence-electron chi connectivity index (χ2n) is 6.06. The Morgan fingerprint density at radius 3 is 2.75 bits per heavy atom. The molecule has 0 aromatic heterocycles. The Morgan fingerprint density at radius 1 is 1.20 bits per heavy atom. The summed E-state index contributed by atoms with van der Waals surface area (Å²) in [6, 6.07) is 8.87. The van der Waals surface area contributed by atoms with Gasteiger partial charge in [0, 0.05) is 24.3 Å². The molecular weight excluding hydrogens is 250 g/mol. The average molecular weight is 273 g/mol. The molecule has 4 N–H and O–H groups in total. The predicted octanol–water partition coefficient (Wildman–Crippen LogP) is 1.66. The Hall–Kier alpha value is -1.55. The van der Waals surface area contributed by atoms with E-state index in [9.17, 15) is 4.79 Å². The molecule has 1 unspecified atom stereocenters. The highest BCUT2D eigenvalue weighted by atomic mass is 16.2. The predicted molar refractivity (Wildman–Crippen MR) is 80.5 cm³/mol. The maximum Gasteiger partial charge on any atom is 0.225 e. The van der Waals surface area contributed by atoms with Gasteiger partial charge >= 0.3 is 0 Å². The molecular formula is C16H23N3O. The molecule has 1 aromatic carbocycles. The number of rotatable bonds is 2. The first-order chi connectivity index (χ1) is 9.72. The van der Waals surface area contributed by atoms with E-state index in [0.29, 0.717) is 12.1 Å². The largest absolute Gasteiger partial charge is 0.384 e. The fourth-order valence-corrected chi connectivity index (χ4v) is 3.21. The van der Waals surface area contributed by atoms with E-state index in [-0.39, 0.29) is 11.8 Å². The van der Waals surface area contributed by atoms with Gasteiger partial charge in [0.2, 0.25) is 5.91 Å². The Kier molecular flexibility index (Phi) is 3.92. The molecule has 4 nitrogen and oxygen atoms in total. The van der Waals surface area contributed by atoms with Crippen molar-refractivity contribution < 1.29 is 4.79 Å². The standard InChI is InChI=1S/C16H23N3O/c17-13-5-7-14(8-6-13)19-16(20)12-9-11-3-1-2-4-15(11)18-10-12/h1-4,12-14,18H,5-10,17H2,(H,19,20). The molecule has 1 heterocycles. The van der Waals surface area contributed by atoms with Gasteiger partial charge < -0.3 is 16.4 Å². The molecule has 1 saturated carbocycles. The van der Waals surface area contributed by atoms with Crippen molar-refractivity contribution in [2.45, 2.75) is 44.2 Å². The SMILES string of the molecule is NC1CCC(NC(=O)C2CNc3ccccc3C2)CC1. The quantitative estimate of drug-likeness (QED) is 0.767. The summed E-state index contributed by atoms with van der Waals surface area (Å²) in [6.45, 7) is 0.731. The summed E-state index contributed by atoms with van der Waals surface area (Å²) in [4.78, 5) is 12.4. The summed E-state index contributed by atoms with van der Waals surface area (Å²) in [5.41, 5.74) is 8.31. The van der Waals surface area contributed by atoms with Crippen LogP contribution in [0.1, 0.15) is 31.2 Å². The first-order valence-electron chi connectivity index (χ1n) is 7.60. The minimum Gasteiger partial charge on any atom is -0.384 e. The molecule has 108 valence electrons. The molecule has 1 amide bonds. The summed E-state index contributed by atoms with van der Waals surface area (Å²) in [6.07, 6.45) is 4.92. The van der Waals surface area contributed by atoms with E-state index in [1.54, 1.807) is 0 Å². The second kappa shape index (κ2) is 5.83. The smallest absolute Gasteiger partial charge is 0.225 e. The Balaban J connectivity index is 1.56. The summed E-state index contributed by atoms with van der Waals surface area (Å²) < 4.78 is 0. The van der Waals surface area contributed by atoms with Crippen LogP contribution >= 0.6 is 0 Å². The second-order valence-corrected chi connectivity index (χ2v) is 6.06. The van der Waals surface area contributed by atoms with Gasteiger partial charge in [-0.25, -0.2) is 0 Å². The zero-order valence-corrected chi connectivity index (χ0v) is 11.8. The zero-order chi connectivity index (χ0) is 13.9. The number of carbonyl (C=O) groups excluding carboxylic acids is 1. The highest BCUT2D eigenvalue weighted by Crippen LogP contribution is 2.25. The highest BCUT2D eigenvalue weighted by Gasteiger charge is 2.27. The lowest BCUT2D eigenvalue weighted by Crippen LogP contribution is -2.45. The van der Waals surface area contributed by atoms with Crippen LogP contribution in [-0.2, 0) is 11.2 Å². The number of carbonyl (C=O) groups is 1. The Bertz CT molecular complexity index is 480. The van der Waals surface area contributed by atoms with Crippen molar-refractivity contribution in [2.75, 3.05) is 11.9 Å². The summed E-state index contributed by atoms with van der Waals surface area (Å²) in [5.74, 6) is 0.230. The van der Waals surface area contributed by atoms with Gasteiger partial charge in [-0.05, 0) is 43.7 Å². The number of amides is 1. The van der Waals surface area contributed by atoms with E-state index < -0.39 is 0 Å². The Labute approximate surface area is 120 Å². The summed E-state index contributed by atoms with van der Waals surface area (Å²) >= 11 is 0. The van der Waals surface area contributed by atoms with Crippen molar-refractivity contribution in [2.24, 2.45) is 11.7 Å². The van der Waals surface area contributed by atoms with Crippen LogP contribution in [0.25, 0.3) is 0 Å². The van der Waals surface area contributed by atoms with Crippen LogP contribution in [-0.4, -0.2) is 24.5 Å². The zero-order valence-electron chi connectivity index (χ0n) is 11.8. The minimum atomic E-state index is 0.0421. The normalized spacial score (nSPS) is 29.1. The maximum atomic E-state index is 12.4. The van der Waals surface area contributed by atoms with E-state index in [1.165, 1.54) is 11.3 Å². The molecule has 0 radical (unpaired) electrons. The Morgan fingerprint density at radius 2 is 1.95 bits per heavy atom. The van der Waals surface area contributed by atoms with Crippen molar-refractivity contribution in [1.29, 1.82) is 0 Å². The lowest BCUT2D eigenvalue weighted by atomic mass is 9.90. The molecule has 1 fully saturated rings. The molecule has 0 saturated heterocycles. The van der Waals surface area contributed by atoms with Crippen LogP contribution in [0.3, 0.4) is 0 Å². The fourth-order valence-electron chi connectivity index (χ4n) is 3.21. The van der Waals surface area contributed by atoms with Crippen LogP contribution in [0.4, 0.5) is 5.69 Å². The van der Waals surface area contributed by atoms with Gasteiger partial charge in [0.1, 0.15) is 0 Å². The highest BCUT2D eigenvalue weighted by molar-refractivity contribution is 5.81. The molecule has 1 aliphatic heterocycles. The van der Waals surface area contributed by atoms with Gasteiger partial charge in [-0.2, -0.15) is 0 Å². The van der Waals surface area contributed by atoms with Crippen molar-refractivity contribution >= 4 is 11.6 Å².